The number of benzene rings is 2. The number of halogens is 1. The Bertz CT molecular complexity index is 1080. The van der Waals surface area contributed by atoms with E-state index in [0.29, 0.717) is 36.5 Å². The van der Waals surface area contributed by atoms with Gasteiger partial charge in [0.1, 0.15) is 11.6 Å². The summed E-state index contributed by atoms with van der Waals surface area (Å²) in [7, 11) is 1.61. The molecule has 1 N–H and O–H groups in total. The monoisotopic (exact) mass is 424 g/mol. The van der Waals surface area contributed by atoms with Crippen LogP contribution < -0.4 is 10.1 Å². The molecule has 0 unspecified atom stereocenters. The molecule has 1 aliphatic heterocycles. The zero-order valence-electron chi connectivity index (χ0n) is 16.5. The van der Waals surface area contributed by atoms with Crippen LogP contribution in [0.4, 0.5) is 4.39 Å². The third-order valence-corrected chi connectivity index (χ3v) is 6.29. The Hall–Kier alpha value is -3.19. The van der Waals surface area contributed by atoms with E-state index < -0.39 is 0 Å². The van der Waals surface area contributed by atoms with Gasteiger partial charge in [0.05, 0.1) is 12.0 Å². The molecule has 0 saturated carbocycles. The van der Waals surface area contributed by atoms with Gasteiger partial charge in [-0.2, -0.15) is 0 Å². The van der Waals surface area contributed by atoms with Crippen molar-refractivity contribution in [2.75, 3.05) is 13.7 Å². The third kappa shape index (κ3) is 4.36. The van der Waals surface area contributed by atoms with Gasteiger partial charge in [-0.15, -0.1) is 11.3 Å². The maximum atomic E-state index is 13.1. The van der Waals surface area contributed by atoms with E-state index in [1.54, 1.807) is 12.0 Å². The minimum atomic E-state index is -0.366. The number of rotatable bonds is 5. The fourth-order valence-electron chi connectivity index (χ4n) is 3.45. The minimum Gasteiger partial charge on any atom is -0.497 e. The van der Waals surface area contributed by atoms with Crippen molar-refractivity contribution in [2.24, 2.45) is 0 Å². The highest BCUT2D eigenvalue weighted by atomic mass is 32.1. The molecule has 2 heterocycles. The predicted octanol–water partition coefficient (Wildman–Crippen LogP) is 4.02. The summed E-state index contributed by atoms with van der Waals surface area (Å²) in [5, 5.41) is 2.94. The number of thiophene rings is 1. The average molecular weight is 424 g/mol. The normalized spacial score (nSPS) is 12.9. The molecule has 2 amide bonds. The highest BCUT2D eigenvalue weighted by Crippen LogP contribution is 2.29. The van der Waals surface area contributed by atoms with E-state index in [-0.39, 0.29) is 17.6 Å². The standard InChI is InChI=1S/C23H21FN2O3S/c1-29-19-4-2-3-15(11-19)13-25-22(27)21-12-17-14-26(10-9-20(17)30-21)23(28)16-5-7-18(24)8-6-16/h2-8,11-12H,9-10,13-14H2,1H3,(H,25,27). The number of fused-ring (bicyclic) bond motifs is 1. The lowest BCUT2D eigenvalue weighted by molar-refractivity contribution is 0.0735. The minimum absolute atomic E-state index is 0.129. The number of nitrogens with zero attached hydrogens (tertiary/aromatic N) is 1. The number of nitrogens with one attached hydrogen (secondary N) is 1. The number of carbonyl (C=O) groups excluding carboxylic acids is 2. The first kappa shape index (κ1) is 20.1. The van der Waals surface area contributed by atoms with Crippen LogP contribution in [0.5, 0.6) is 5.75 Å². The SMILES string of the molecule is COc1cccc(CNC(=O)c2cc3c(s2)CCN(C(=O)c2ccc(F)cc2)C3)c1. The Morgan fingerprint density at radius 1 is 1.17 bits per heavy atom. The van der Waals surface area contributed by atoms with Gasteiger partial charge in [0, 0.05) is 30.1 Å². The van der Waals surface area contributed by atoms with Gasteiger partial charge in [-0.1, -0.05) is 12.1 Å². The fourth-order valence-corrected chi connectivity index (χ4v) is 4.52. The lowest BCUT2D eigenvalue weighted by atomic mass is 10.1. The van der Waals surface area contributed by atoms with E-state index in [1.165, 1.54) is 35.6 Å². The summed E-state index contributed by atoms with van der Waals surface area (Å²) in [4.78, 5) is 28.8. The van der Waals surface area contributed by atoms with Crippen LogP contribution in [0.2, 0.25) is 0 Å². The van der Waals surface area contributed by atoms with Crippen LogP contribution in [-0.4, -0.2) is 30.4 Å². The smallest absolute Gasteiger partial charge is 0.261 e. The second-order valence-corrected chi connectivity index (χ2v) is 8.21. The van der Waals surface area contributed by atoms with E-state index >= 15 is 0 Å². The topological polar surface area (TPSA) is 58.6 Å². The van der Waals surface area contributed by atoms with E-state index in [1.807, 2.05) is 30.3 Å². The molecule has 0 fully saturated rings. The number of amides is 2. The largest absolute Gasteiger partial charge is 0.497 e. The summed E-state index contributed by atoms with van der Waals surface area (Å²) in [5.74, 6) is 0.124. The average Bonchev–Trinajstić information content (AvgIpc) is 3.21. The van der Waals surface area contributed by atoms with Crippen molar-refractivity contribution < 1.29 is 18.7 Å². The van der Waals surface area contributed by atoms with Crippen molar-refractivity contribution in [3.8, 4) is 5.75 Å². The maximum Gasteiger partial charge on any atom is 0.261 e. The molecule has 1 aromatic heterocycles. The highest BCUT2D eigenvalue weighted by Gasteiger charge is 2.25. The van der Waals surface area contributed by atoms with Crippen molar-refractivity contribution in [3.05, 3.63) is 86.9 Å². The number of hydrogen-bond acceptors (Lipinski definition) is 4. The van der Waals surface area contributed by atoms with Gasteiger partial charge in [0.25, 0.3) is 11.8 Å². The molecule has 154 valence electrons. The first-order valence-electron chi connectivity index (χ1n) is 9.61. The Morgan fingerprint density at radius 3 is 2.73 bits per heavy atom. The zero-order chi connectivity index (χ0) is 21.1. The van der Waals surface area contributed by atoms with Crippen molar-refractivity contribution in [1.29, 1.82) is 0 Å². The van der Waals surface area contributed by atoms with E-state index in [2.05, 4.69) is 5.32 Å². The van der Waals surface area contributed by atoms with Gasteiger partial charge in [0.15, 0.2) is 0 Å². The first-order chi connectivity index (χ1) is 14.5. The Morgan fingerprint density at radius 2 is 1.97 bits per heavy atom. The van der Waals surface area contributed by atoms with Crippen LogP contribution in [0.1, 0.15) is 36.0 Å². The number of carbonyl (C=O) groups is 2. The quantitative estimate of drug-likeness (QED) is 0.673. The first-order valence-corrected chi connectivity index (χ1v) is 10.4. The molecule has 7 heteroatoms. The fraction of sp³-hybridized carbons (Fsp3) is 0.217. The molecule has 30 heavy (non-hydrogen) atoms. The molecule has 0 atom stereocenters. The highest BCUT2D eigenvalue weighted by molar-refractivity contribution is 7.14. The van der Waals surface area contributed by atoms with Gasteiger partial charge < -0.3 is 15.0 Å². The summed E-state index contributed by atoms with van der Waals surface area (Å²) in [6.45, 7) is 1.44. The molecule has 0 spiro atoms. The molecular weight excluding hydrogens is 403 g/mol. The maximum absolute atomic E-state index is 13.1. The van der Waals surface area contributed by atoms with Crippen LogP contribution in [0.3, 0.4) is 0 Å². The molecular formula is C23H21FN2O3S. The Kier molecular flexibility index (Phi) is 5.81. The van der Waals surface area contributed by atoms with Crippen molar-refractivity contribution in [2.45, 2.75) is 19.5 Å². The molecule has 0 radical (unpaired) electrons. The van der Waals surface area contributed by atoms with Crippen molar-refractivity contribution in [1.82, 2.24) is 10.2 Å². The van der Waals surface area contributed by atoms with Gasteiger partial charge in [-0.25, -0.2) is 4.39 Å². The van der Waals surface area contributed by atoms with Crippen LogP contribution in [-0.2, 0) is 19.5 Å². The number of ether oxygens (including phenoxy) is 1. The molecule has 5 nitrogen and oxygen atoms in total. The van der Waals surface area contributed by atoms with Crippen molar-refractivity contribution in [3.63, 3.8) is 0 Å². The summed E-state index contributed by atoms with van der Waals surface area (Å²) < 4.78 is 18.3. The molecule has 0 saturated heterocycles. The molecule has 1 aliphatic rings. The molecule has 4 rings (SSSR count). The summed E-state index contributed by atoms with van der Waals surface area (Å²) in [6.07, 6.45) is 0.704. The molecule has 0 aliphatic carbocycles. The Balaban J connectivity index is 1.41. The predicted molar refractivity (Wildman–Crippen MR) is 113 cm³/mol. The zero-order valence-corrected chi connectivity index (χ0v) is 17.3. The van der Waals surface area contributed by atoms with Gasteiger partial charge >= 0.3 is 0 Å². The van der Waals surface area contributed by atoms with Gasteiger partial charge in [0.2, 0.25) is 0 Å². The Labute approximate surface area is 178 Å². The summed E-state index contributed by atoms with van der Waals surface area (Å²) >= 11 is 1.47. The van der Waals surface area contributed by atoms with E-state index in [0.717, 1.165) is 21.8 Å². The second-order valence-electron chi connectivity index (χ2n) is 7.08. The van der Waals surface area contributed by atoms with Gasteiger partial charge in [-0.05, 0) is 60.0 Å². The van der Waals surface area contributed by atoms with E-state index in [9.17, 15) is 14.0 Å². The molecule has 2 aromatic carbocycles. The number of hydrogen-bond donors (Lipinski definition) is 1. The van der Waals surface area contributed by atoms with E-state index in [4.69, 9.17) is 4.74 Å². The third-order valence-electron chi connectivity index (χ3n) is 5.06. The summed E-state index contributed by atoms with van der Waals surface area (Å²) in [5.41, 5.74) is 2.42. The lowest BCUT2D eigenvalue weighted by Gasteiger charge is -2.27. The second kappa shape index (κ2) is 8.67. The van der Waals surface area contributed by atoms with Crippen molar-refractivity contribution >= 4 is 23.2 Å². The molecule has 3 aromatic rings. The molecule has 0 bridgehead atoms. The lowest BCUT2D eigenvalue weighted by Crippen LogP contribution is -2.35. The number of methoxy groups -OCH3 is 1. The van der Waals surface area contributed by atoms with Crippen LogP contribution in [0.15, 0.2) is 54.6 Å². The van der Waals surface area contributed by atoms with Gasteiger partial charge in [-0.3, -0.25) is 9.59 Å². The summed E-state index contributed by atoms with van der Waals surface area (Å²) in [6, 6.07) is 15.0. The van der Waals surface area contributed by atoms with Crippen LogP contribution >= 0.6 is 11.3 Å². The van der Waals surface area contributed by atoms with Crippen LogP contribution in [0.25, 0.3) is 0 Å². The van der Waals surface area contributed by atoms with Crippen LogP contribution in [0, 0.1) is 5.82 Å².